The molecule has 122 heavy (non-hydrogen) atoms. The van der Waals surface area contributed by atoms with Gasteiger partial charge in [0.2, 0.25) is 28.4 Å². The molecule has 15 rings (SSSR count). The van der Waals surface area contributed by atoms with Crippen LogP contribution >= 0.6 is 0 Å². The van der Waals surface area contributed by atoms with Gasteiger partial charge in [-0.2, -0.15) is 26.3 Å². The molecule has 0 radical (unpaired) electrons. The quantitative estimate of drug-likeness (QED) is 0.149. The molecule has 612 valence electrons. The topological polar surface area (TPSA) is 173 Å². The van der Waals surface area contributed by atoms with Crippen LogP contribution in [0.25, 0.3) is 24.2 Å². The summed E-state index contributed by atoms with van der Waals surface area (Å²) in [4.78, 5) is 40.1. The molecular weight excluding hydrogens is 1510 g/mol. The largest absolute Gasteiger partial charge is 0.353 e. The van der Waals surface area contributed by atoms with Crippen LogP contribution in [0.1, 0.15) is 157 Å². The van der Waals surface area contributed by atoms with Gasteiger partial charge in [0.1, 0.15) is 61.2 Å². The zero-order valence-corrected chi connectivity index (χ0v) is 75.2. The number of hydrogen-bond donors (Lipinski definition) is 0. The second kappa shape index (κ2) is 34.6. The Morgan fingerprint density at radius 3 is 0.820 bits per heavy atom. The van der Waals surface area contributed by atoms with Crippen molar-refractivity contribution in [2.24, 2.45) is 0 Å². The molecule has 20 nitrogen and oxygen atoms in total. The maximum absolute atomic E-state index is 9.54. The normalized spacial score (nSPS) is 15.8. The minimum Gasteiger partial charge on any atom is -0.353 e. The molecule has 0 bridgehead atoms. The second-order valence-electron chi connectivity index (χ2n) is 32.7. The first-order chi connectivity index (χ1) is 57.9. The highest BCUT2D eigenvalue weighted by molar-refractivity contribution is 6.02. The van der Waals surface area contributed by atoms with Gasteiger partial charge >= 0.3 is 0 Å². The van der Waals surface area contributed by atoms with Crippen LogP contribution in [0.4, 0.5) is 114 Å². The Kier molecular flexibility index (Phi) is 24.9. The first-order valence-corrected chi connectivity index (χ1v) is 40.6. The summed E-state index contributed by atoms with van der Waals surface area (Å²) in [6, 6.07) is 46.2. The van der Waals surface area contributed by atoms with Gasteiger partial charge in [-0.3, -0.25) is 0 Å². The van der Waals surface area contributed by atoms with E-state index in [1.807, 2.05) is 35.2 Å². The van der Waals surface area contributed by atoms with Crippen molar-refractivity contribution in [2.45, 2.75) is 183 Å². The van der Waals surface area contributed by atoms with Crippen LogP contribution in [0.5, 0.6) is 0 Å². The average molecular weight is 1610 g/mol. The number of nitrogens with zero attached hydrogens (tertiary/aromatic N) is 20. The fraction of sp³-hybridized carbons (Fsp3) is 0.314. The molecular formula is C102H104N20. The Bertz CT molecular complexity index is 6440. The molecule has 0 N–H and O–H groups in total. The molecule has 0 saturated heterocycles. The summed E-state index contributed by atoms with van der Waals surface area (Å²) in [7, 11) is 9.93. The van der Waals surface area contributed by atoms with E-state index >= 15 is 0 Å². The summed E-state index contributed by atoms with van der Waals surface area (Å²) in [6.45, 7) is 84.4. The standard InChI is InChI=1S/2C21H22N4.3C20H20N4/c1-12-10-19(15(4)14(3)13(12)2)25-16(5)24(7)20-17(11-22)8-9-18(23-6)21(20)25;1-12-10-13(2)19(15(4)14(12)3)25-16(5)24(7)20-17(11-22)8-9-18(23-6)21(20)25;1-12-9-13(2)14(3)18(10-12)24-15(4)23(6)19-16(11-21)7-8-17(22-5)20(19)24;1-12-9-13(2)18(14(3)10-12)24-15(4)23(6)19-16(11-21)7-8-17(22-5)20(19)24;1-12-7-8-13(2)18(14(12)3)24-15(4)23(6)19-16(11-21)9-10-17(22-5)20(19)24/h2*8-10,16H,1-5,7H3;3*7-10,15H,1-4,6H3/t2*16-;3*15-/m00000/s1. The summed E-state index contributed by atoms with van der Waals surface area (Å²) in [5.74, 6) is 0. The number of benzene rings is 10. The molecule has 10 aromatic rings. The van der Waals surface area contributed by atoms with Crippen molar-refractivity contribution in [2.75, 3.05) is 84.2 Å². The molecule has 5 aliphatic rings. The lowest BCUT2D eigenvalue weighted by Crippen LogP contribution is -2.36. The van der Waals surface area contributed by atoms with E-state index in [2.05, 4.69) is 304 Å². The molecule has 5 heterocycles. The average Bonchev–Trinajstić information content (AvgIpc) is 1.65. The van der Waals surface area contributed by atoms with Crippen molar-refractivity contribution in [1.29, 1.82) is 26.3 Å². The van der Waals surface area contributed by atoms with E-state index in [0.29, 0.717) is 56.3 Å². The Morgan fingerprint density at radius 2 is 0.484 bits per heavy atom. The number of aryl methyl sites for hydroxylation is 10. The van der Waals surface area contributed by atoms with Gasteiger partial charge in [0.15, 0.2) is 0 Å². The van der Waals surface area contributed by atoms with Crippen molar-refractivity contribution in [1.82, 2.24) is 0 Å². The lowest BCUT2D eigenvalue weighted by Gasteiger charge is -2.32. The van der Waals surface area contributed by atoms with Gasteiger partial charge in [-0.25, -0.2) is 24.2 Å². The van der Waals surface area contributed by atoms with Gasteiger partial charge in [-0.1, -0.05) is 103 Å². The van der Waals surface area contributed by atoms with Gasteiger partial charge in [-0.15, -0.1) is 0 Å². The third-order valence-electron chi connectivity index (χ3n) is 25.8. The number of rotatable bonds is 5. The van der Waals surface area contributed by atoms with Gasteiger partial charge in [0, 0.05) is 63.7 Å². The minimum absolute atomic E-state index is 0.0320. The predicted octanol–water partition coefficient (Wildman–Crippen LogP) is 25.5. The Hall–Kier alpha value is -14.9. The van der Waals surface area contributed by atoms with Gasteiger partial charge in [0.25, 0.3) is 0 Å². The fourth-order valence-corrected chi connectivity index (χ4v) is 18.2. The van der Waals surface area contributed by atoms with Crippen LogP contribution in [0, 0.1) is 207 Å². The maximum Gasteiger partial charge on any atom is 0.212 e. The van der Waals surface area contributed by atoms with E-state index in [1.54, 1.807) is 60.7 Å². The first-order valence-electron chi connectivity index (χ1n) is 40.6. The molecule has 0 aliphatic carbocycles. The summed E-state index contributed by atoms with van der Waals surface area (Å²) >= 11 is 0. The van der Waals surface area contributed by atoms with Crippen LogP contribution in [0.3, 0.4) is 0 Å². The molecule has 0 unspecified atom stereocenters. The van der Waals surface area contributed by atoms with Gasteiger partial charge < -0.3 is 49.0 Å². The summed E-state index contributed by atoms with van der Waals surface area (Å²) in [6.07, 6.45) is 0.175. The van der Waals surface area contributed by atoms with Crippen molar-refractivity contribution in [3.05, 3.63) is 289 Å². The molecule has 10 aromatic carbocycles. The van der Waals surface area contributed by atoms with Gasteiger partial charge in [0.05, 0.1) is 118 Å². The third-order valence-corrected chi connectivity index (χ3v) is 25.8. The fourth-order valence-electron chi connectivity index (χ4n) is 18.2. The van der Waals surface area contributed by atoms with Crippen LogP contribution in [0.15, 0.2) is 109 Å². The van der Waals surface area contributed by atoms with E-state index in [1.165, 1.54) is 94.6 Å². The molecule has 0 amide bonds. The van der Waals surface area contributed by atoms with E-state index < -0.39 is 0 Å². The number of anilines is 15. The first kappa shape index (κ1) is 87.9. The van der Waals surface area contributed by atoms with Crippen LogP contribution in [-0.4, -0.2) is 66.1 Å². The second-order valence-corrected chi connectivity index (χ2v) is 32.7. The van der Waals surface area contributed by atoms with E-state index in [-0.39, 0.29) is 30.8 Å². The van der Waals surface area contributed by atoms with Crippen LogP contribution in [-0.2, 0) is 0 Å². The van der Waals surface area contributed by atoms with Crippen LogP contribution in [0.2, 0.25) is 0 Å². The predicted molar refractivity (Wildman–Crippen MR) is 500 cm³/mol. The summed E-state index contributed by atoms with van der Waals surface area (Å²) in [5.41, 5.74) is 40.8. The van der Waals surface area contributed by atoms with Crippen molar-refractivity contribution >= 4 is 114 Å². The van der Waals surface area contributed by atoms with Crippen molar-refractivity contribution < 1.29 is 0 Å². The van der Waals surface area contributed by atoms with Crippen LogP contribution < -0.4 is 49.0 Å². The maximum atomic E-state index is 9.54. The zero-order valence-electron chi connectivity index (χ0n) is 75.2. The molecule has 5 atom stereocenters. The highest BCUT2D eigenvalue weighted by Gasteiger charge is 2.43. The third kappa shape index (κ3) is 14.6. The zero-order chi connectivity index (χ0) is 89.7. The van der Waals surface area contributed by atoms with Crippen molar-refractivity contribution in [3.63, 3.8) is 0 Å². The number of hydrogen-bond acceptors (Lipinski definition) is 15. The van der Waals surface area contributed by atoms with Gasteiger partial charge in [-0.05, 0) is 253 Å². The van der Waals surface area contributed by atoms with E-state index in [9.17, 15) is 26.3 Å². The van der Waals surface area contributed by atoms with E-state index in [4.69, 9.17) is 32.9 Å². The van der Waals surface area contributed by atoms with Crippen molar-refractivity contribution in [3.8, 4) is 30.3 Å². The van der Waals surface area contributed by atoms with E-state index in [0.717, 1.165) is 85.3 Å². The lowest BCUT2D eigenvalue weighted by molar-refractivity contribution is 0.730. The summed E-state index contributed by atoms with van der Waals surface area (Å²) in [5, 5.41) is 47.6. The molecule has 0 fully saturated rings. The Labute approximate surface area is 722 Å². The number of nitriles is 5. The minimum atomic E-state index is 0.0320. The number of fused-ring (bicyclic) bond motifs is 5. The molecule has 5 aliphatic heterocycles. The Balaban J connectivity index is 0.000000149. The molecule has 0 spiro atoms. The summed E-state index contributed by atoms with van der Waals surface area (Å²) < 4.78 is 0. The SMILES string of the molecule is [C-]#[N+]c1ccc(C#N)c2c1N(c1c(C)cc(C)c(C)c1C)[C@@H](C)N2C.[C-]#[N+]c1ccc(C#N)c2c1N(c1c(C)cc(C)cc1C)[C@@H](C)N2C.[C-]#[N+]c1ccc(C#N)c2c1N(c1c(C)ccc(C)c1C)[C@@H](C)N2C.[C-]#[N+]c1ccc(C#N)c2c1N(c1cc(C)c(C)c(C)c1C)[C@@H](C)N2C.[C-]#[N+]c1ccc(C#N)c2c1N(c1cc(C)cc(C)c1C)[C@@H](C)N2C. The monoisotopic (exact) mass is 1610 g/mol. The lowest BCUT2D eigenvalue weighted by atomic mass is 9.96. The molecule has 0 saturated carbocycles. The highest BCUT2D eigenvalue weighted by atomic mass is 15.4. The smallest absolute Gasteiger partial charge is 0.212 e. The molecule has 20 heteroatoms. The highest BCUT2D eigenvalue weighted by Crippen LogP contribution is 2.58. The Morgan fingerprint density at radius 1 is 0.230 bits per heavy atom. The molecule has 0 aromatic heterocycles.